The summed E-state index contributed by atoms with van der Waals surface area (Å²) in [5, 5.41) is 9.59. The second kappa shape index (κ2) is 38.2. The third-order valence-corrected chi connectivity index (χ3v) is 10.1. The fourth-order valence-electron chi connectivity index (χ4n) is 6.54. The van der Waals surface area contributed by atoms with Gasteiger partial charge >= 0.3 is 17.9 Å². The molecule has 0 radical (unpaired) electrons. The molecule has 0 amide bonds. The van der Waals surface area contributed by atoms with Gasteiger partial charge in [0.05, 0.1) is 34.4 Å². The van der Waals surface area contributed by atoms with Gasteiger partial charge in [-0.2, -0.15) is 0 Å². The van der Waals surface area contributed by atoms with Crippen LogP contribution < -0.4 is 0 Å². The highest BCUT2D eigenvalue weighted by molar-refractivity contribution is 5.71. The molecule has 0 heterocycles. The van der Waals surface area contributed by atoms with Gasteiger partial charge < -0.3 is 28.5 Å². The first kappa shape index (κ1) is 52.3. The first-order valence-electron chi connectivity index (χ1n) is 22.7. The van der Waals surface area contributed by atoms with Gasteiger partial charge in [-0.25, -0.2) is 4.79 Å². The van der Waals surface area contributed by atoms with Gasteiger partial charge in [-0.15, -0.1) is 0 Å². The van der Waals surface area contributed by atoms with Crippen LogP contribution in [0.25, 0.3) is 0 Å². The zero-order valence-corrected chi connectivity index (χ0v) is 36.2. The number of carboxylic acid groups (broad SMARTS) is 1. The number of aliphatic carboxylic acids is 1. The largest absolute Gasteiger partial charge is 0.477 e. The number of carbonyl (C=O) groups excluding carboxylic acids is 2. The van der Waals surface area contributed by atoms with E-state index in [9.17, 15) is 19.5 Å². The van der Waals surface area contributed by atoms with Crippen LogP contribution in [0, 0.1) is 0 Å². The summed E-state index contributed by atoms with van der Waals surface area (Å²) in [4.78, 5) is 36.8. The lowest BCUT2D eigenvalue weighted by Crippen LogP contribution is -2.40. The lowest BCUT2D eigenvalue weighted by molar-refractivity contribution is -0.870. The third kappa shape index (κ3) is 38.6. The van der Waals surface area contributed by atoms with E-state index in [-0.39, 0.29) is 32.2 Å². The normalized spacial score (nSPS) is 12.8. The minimum atomic E-state index is -1.50. The Morgan fingerprint density at radius 2 is 0.833 bits per heavy atom. The third-order valence-electron chi connectivity index (χ3n) is 10.1. The second-order valence-corrected chi connectivity index (χ2v) is 16.7. The molecule has 0 aromatic rings. The van der Waals surface area contributed by atoms with E-state index in [2.05, 4.69) is 13.8 Å². The van der Waals surface area contributed by atoms with Crippen molar-refractivity contribution in [2.24, 2.45) is 0 Å². The Balaban J connectivity index is 4.13. The van der Waals surface area contributed by atoms with Gasteiger partial charge in [0.25, 0.3) is 6.29 Å². The molecule has 0 aromatic heterocycles. The van der Waals surface area contributed by atoms with Crippen molar-refractivity contribution in [3.8, 4) is 0 Å². The highest BCUT2D eigenvalue weighted by atomic mass is 16.7. The summed E-state index contributed by atoms with van der Waals surface area (Å²) in [7, 11) is 5.95. The Labute approximate surface area is 332 Å². The Bertz CT molecular complexity index is 861. The van der Waals surface area contributed by atoms with Crippen molar-refractivity contribution in [3.05, 3.63) is 0 Å². The number of carboxylic acids is 1. The van der Waals surface area contributed by atoms with E-state index in [0.29, 0.717) is 17.4 Å². The van der Waals surface area contributed by atoms with E-state index in [1.807, 2.05) is 21.1 Å². The molecule has 9 heteroatoms. The quantitative estimate of drug-likeness (QED) is 0.0283. The summed E-state index contributed by atoms with van der Waals surface area (Å²) in [5.74, 6) is -2.00. The fraction of sp³-hybridized carbons (Fsp3) is 0.933. The van der Waals surface area contributed by atoms with Crippen LogP contribution in [0.4, 0.5) is 0 Å². The standard InChI is InChI=1S/C45H87NO8/c1-6-8-10-12-14-15-16-17-18-19-20-21-22-23-24-25-26-27-28-29-30-32-34-36-43(48)54-41(39-52-42(47)35-33-31-13-11-9-7-2)40-53-45(44(49)50)51-38-37-46(3,4)5/h41,45H,6-40H2,1-5H3/p+1. The van der Waals surface area contributed by atoms with Gasteiger partial charge in [-0.3, -0.25) is 9.59 Å². The summed E-state index contributed by atoms with van der Waals surface area (Å²) in [6.07, 6.45) is 34.9. The van der Waals surface area contributed by atoms with E-state index in [1.54, 1.807) is 0 Å². The molecule has 0 bridgehead atoms. The maximum Gasteiger partial charge on any atom is 0.361 e. The molecule has 0 fully saturated rings. The highest BCUT2D eigenvalue weighted by Crippen LogP contribution is 2.16. The van der Waals surface area contributed by atoms with Crippen LogP contribution in [-0.2, 0) is 33.3 Å². The van der Waals surface area contributed by atoms with Gasteiger partial charge in [0.2, 0.25) is 0 Å². The topological polar surface area (TPSA) is 108 Å². The minimum Gasteiger partial charge on any atom is -0.477 e. The molecular weight excluding hydrogens is 682 g/mol. The first-order valence-corrected chi connectivity index (χ1v) is 22.7. The summed E-state index contributed by atoms with van der Waals surface area (Å²) >= 11 is 0. The van der Waals surface area contributed by atoms with Crippen molar-refractivity contribution in [3.63, 3.8) is 0 Å². The van der Waals surface area contributed by atoms with Gasteiger partial charge in [0.15, 0.2) is 6.10 Å². The minimum absolute atomic E-state index is 0.176. The number of quaternary nitrogens is 1. The van der Waals surface area contributed by atoms with E-state index in [1.165, 1.54) is 148 Å². The van der Waals surface area contributed by atoms with Crippen molar-refractivity contribution in [1.29, 1.82) is 0 Å². The van der Waals surface area contributed by atoms with Crippen molar-refractivity contribution in [2.45, 2.75) is 225 Å². The molecular formula is C45H88NO8+. The molecule has 2 atom stereocenters. The highest BCUT2D eigenvalue weighted by Gasteiger charge is 2.25. The number of carbonyl (C=O) groups is 3. The van der Waals surface area contributed by atoms with Gasteiger partial charge in [-0.1, -0.05) is 187 Å². The summed E-state index contributed by atoms with van der Waals surface area (Å²) < 4.78 is 22.6. The zero-order valence-electron chi connectivity index (χ0n) is 36.2. The lowest BCUT2D eigenvalue weighted by atomic mass is 10.0. The monoisotopic (exact) mass is 771 g/mol. The van der Waals surface area contributed by atoms with Crippen molar-refractivity contribution in [2.75, 3.05) is 47.5 Å². The summed E-state index contributed by atoms with van der Waals surface area (Å²) in [5.41, 5.74) is 0. The molecule has 0 aliphatic rings. The molecule has 0 saturated heterocycles. The van der Waals surface area contributed by atoms with Crippen LogP contribution in [-0.4, -0.2) is 87.4 Å². The van der Waals surface area contributed by atoms with Crippen LogP contribution in [0.2, 0.25) is 0 Å². The summed E-state index contributed by atoms with van der Waals surface area (Å²) in [6, 6.07) is 0. The zero-order chi connectivity index (χ0) is 40.0. The number of esters is 2. The fourth-order valence-corrected chi connectivity index (χ4v) is 6.54. The predicted octanol–water partition coefficient (Wildman–Crippen LogP) is 11.7. The van der Waals surface area contributed by atoms with Crippen LogP contribution >= 0.6 is 0 Å². The Morgan fingerprint density at radius 1 is 0.481 bits per heavy atom. The smallest absolute Gasteiger partial charge is 0.361 e. The number of nitrogens with zero attached hydrogens (tertiary/aromatic N) is 1. The molecule has 0 aromatic carbocycles. The van der Waals surface area contributed by atoms with E-state index >= 15 is 0 Å². The Morgan fingerprint density at radius 3 is 1.19 bits per heavy atom. The van der Waals surface area contributed by atoms with Gasteiger partial charge in [0.1, 0.15) is 13.2 Å². The lowest BCUT2D eigenvalue weighted by Gasteiger charge is -2.25. The van der Waals surface area contributed by atoms with Crippen molar-refractivity contribution < 1.29 is 42.9 Å². The van der Waals surface area contributed by atoms with Crippen LogP contribution in [0.1, 0.15) is 213 Å². The van der Waals surface area contributed by atoms with Gasteiger partial charge in [0, 0.05) is 12.8 Å². The van der Waals surface area contributed by atoms with E-state index in [0.717, 1.165) is 38.5 Å². The maximum absolute atomic E-state index is 12.7. The molecule has 320 valence electrons. The molecule has 1 N–H and O–H groups in total. The Kier molecular flexibility index (Phi) is 37.0. The van der Waals surface area contributed by atoms with E-state index < -0.39 is 24.3 Å². The molecule has 0 spiro atoms. The predicted molar refractivity (Wildman–Crippen MR) is 222 cm³/mol. The number of rotatable bonds is 42. The average Bonchev–Trinajstić information content (AvgIpc) is 3.12. The molecule has 9 nitrogen and oxygen atoms in total. The first-order chi connectivity index (χ1) is 26.1. The van der Waals surface area contributed by atoms with Crippen LogP contribution in [0.3, 0.4) is 0 Å². The molecule has 54 heavy (non-hydrogen) atoms. The Hall–Kier alpha value is -1.71. The maximum atomic E-state index is 12.7. The van der Waals surface area contributed by atoms with Crippen LogP contribution in [0.15, 0.2) is 0 Å². The van der Waals surface area contributed by atoms with Gasteiger partial charge in [-0.05, 0) is 12.8 Å². The second-order valence-electron chi connectivity index (χ2n) is 16.7. The molecule has 0 saturated carbocycles. The SMILES string of the molecule is CCCCCCCCCCCCCCCCCCCCCCCCCC(=O)OC(COC(=O)CCCCCCCC)COC(OCC[N+](C)(C)C)C(=O)O. The van der Waals surface area contributed by atoms with Crippen molar-refractivity contribution in [1.82, 2.24) is 0 Å². The molecule has 2 unspecified atom stereocenters. The average molecular weight is 771 g/mol. The van der Waals surface area contributed by atoms with E-state index in [4.69, 9.17) is 18.9 Å². The molecule has 0 aliphatic heterocycles. The van der Waals surface area contributed by atoms with Crippen LogP contribution in [0.5, 0.6) is 0 Å². The molecule has 0 rings (SSSR count). The number of ether oxygens (including phenoxy) is 4. The number of hydrogen-bond acceptors (Lipinski definition) is 7. The number of hydrogen-bond donors (Lipinski definition) is 1. The van der Waals surface area contributed by atoms with Crippen molar-refractivity contribution >= 4 is 17.9 Å². The number of likely N-dealkylation sites (N-methyl/N-ethyl adjacent to an activating group) is 1. The summed E-state index contributed by atoms with van der Waals surface area (Å²) in [6.45, 7) is 4.83. The molecule has 0 aliphatic carbocycles. The number of unbranched alkanes of at least 4 members (excludes halogenated alkanes) is 27.